The number of hydrogen-bond acceptors (Lipinski definition) is 4. The third-order valence-electron chi connectivity index (χ3n) is 2.57. The fraction of sp³-hybridized carbons (Fsp3) is 0.286. The standard InChI is InChI=1S/C14H14O4/c1-3-17-14(16)8-12(15)10-4-5-13-11(7-10)6-9(2)18-13/h4-7H,3,8H2,1-2H3. The van der Waals surface area contributed by atoms with Crippen LogP contribution in [0.15, 0.2) is 28.7 Å². The Bertz CT molecular complexity index is 595. The predicted molar refractivity (Wildman–Crippen MR) is 66.5 cm³/mol. The second-order valence-corrected chi connectivity index (χ2v) is 4.01. The second-order valence-electron chi connectivity index (χ2n) is 4.01. The summed E-state index contributed by atoms with van der Waals surface area (Å²) < 4.78 is 10.2. The number of aryl methyl sites for hydroxylation is 1. The monoisotopic (exact) mass is 246 g/mol. The van der Waals surface area contributed by atoms with E-state index < -0.39 is 5.97 Å². The molecule has 1 aromatic carbocycles. The van der Waals surface area contributed by atoms with Gasteiger partial charge in [-0.2, -0.15) is 0 Å². The molecule has 0 saturated heterocycles. The molecular formula is C14H14O4. The highest BCUT2D eigenvalue weighted by Gasteiger charge is 2.13. The third kappa shape index (κ3) is 2.59. The lowest BCUT2D eigenvalue weighted by Crippen LogP contribution is -2.11. The Morgan fingerprint density at radius 1 is 1.28 bits per heavy atom. The molecule has 2 rings (SSSR count). The molecule has 0 saturated carbocycles. The van der Waals surface area contributed by atoms with Gasteiger partial charge < -0.3 is 9.15 Å². The minimum absolute atomic E-state index is 0.226. The van der Waals surface area contributed by atoms with Crippen LogP contribution in [-0.2, 0) is 9.53 Å². The first-order chi connectivity index (χ1) is 8.60. The summed E-state index contributed by atoms with van der Waals surface area (Å²) >= 11 is 0. The molecule has 1 heterocycles. The van der Waals surface area contributed by atoms with Gasteiger partial charge in [0.05, 0.1) is 6.61 Å². The minimum Gasteiger partial charge on any atom is -0.466 e. The first-order valence-electron chi connectivity index (χ1n) is 5.79. The van der Waals surface area contributed by atoms with Crippen molar-refractivity contribution in [3.8, 4) is 0 Å². The number of ketones is 1. The number of fused-ring (bicyclic) bond motifs is 1. The van der Waals surface area contributed by atoms with Gasteiger partial charge in [0, 0.05) is 10.9 Å². The molecule has 0 aliphatic carbocycles. The van der Waals surface area contributed by atoms with Crippen molar-refractivity contribution in [3.05, 3.63) is 35.6 Å². The molecule has 4 heteroatoms. The molecule has 0 N–H and O–H groups in total. The zero-order valence-electron chi connectivity index (χ0n) is 10.4. The van der Waals surface area contributed by atoms with E-state index in [4.69, 9.17) is 9.15 Å². The van der Waals surface area contributed by atoms with Gasteiger partial charge in [0.15, 0.2) is 5.78 Å². The number of carbonyl (C=O) groups excluding carboxylic acids is 2. The van der Waals surface area contributed by atoms with Crippen LogP contribution in [0.25, 0.3) is 11.0 Å². The van der Waals surface area contributed by atoms with Crippen molar-refractivity contribution in [1.29, 1.82) is 0 Å². The van der Waals surface area contributed by atoms with E-state index in [1.165, 1.54) is 0 Å². The molecule has 0 amide bonds. The molecule has 0 spiro atoms. The number of rotatable bonds is 4. The van der Waals surface area contributed by atoms with E-state index in [0.29, 0.717) is 5.56 Å². The van der Waals surface area contributed by atoms with E-state index in [0.717, 1.165) is 16.7 Å². The third-order valence-corrected chi connectivity index (χ3v) is 2.57. The van der Waals surface area contributed by atoms with Crippen LogP contribution >= 0.6 is 0 Å². The van der Waals surface area contributed by atoms with E-state index >= 15 is 0 Å². The van der Waals surface area contributed by atoms with Crippen LogP contribution in [-0.4, -0.2) is 18.4 Å². The topological polar surface area (TPSA) is 56.5 Å². The minimum atomic E-state index is -0.494. The molecule has 0 unspecified atom stereocenters. The van der Waals surface area contributed by atoms with Crippen LogP contribution in [0.2, 0.25) is 0 Å². The van der Waals surface area contributed by atoms with Crippen LogP contribution < -0.4 is 0 Å². The number of furan rings is 1. The van der Waals surface area contributed by atoms with Gasteiger partial charge in [-0.15, -0.1) is 0 Å². The molecule has 0 fully saturated rings. The molecule has 0 aliphatic heterocycles. The van der Waals surface area contributed by atoms with Gasteiger partial charge in [-0.1, -0.05) is 0 Å². The number of benzene rings is 1. The largest absolute Gasteiger partial charge is 0.466 e. The summed E-state index contributed by atoms with van der Waals surface area (Å²) in [5.74, 6) is 0.0557. The van der Waals surface area contributed by atoms with Crippen LogP contribution in [0.1, 0.15) is 29.5 Å². The highest BCUT2D eigenvalue weighted by atomic mass is 16.5. The average Bonchev–Trinajstić information content (AvgIpc) is 2.68. The van der Waals surface area contributed by atoms with Gasteiger partial charge >= 0.3 is 5.97 Å². The lowest BCUT2D eigenvalue weighted by molar-refractivity contribution is -0.141. The first-order valence-corrected chi connectivity index (χ1v) is 5.79. The number of Topliss-reactive ketones (excluding diaryl/α,β-unsaturated/α-hetero) is 1. The number of hydrogen-bond donors (Lipinski definition) is 0. The van der Waals surface area contributed by atoms with Crippen molar-refractivity contribution in [2.75, 3.05) is 6.61 Å². The predicted octanol–water partition coefficient (Wildman–Crippen LogP) is 2.88. The Morgan fingerprint density at radius 3 is 2.78 bits per heavy atom. The van der Waals surface area contributed by atoms with E-state index in [-0.39, 0.29) is 18.8 Å². The van der Waals surface area contributed by atoms with E-state index in [1.807, 2.05) is 13.0 Å². The molecular weight excluding hydrogens is 232 g/mol. The van der Waals surface area contributed by atoms with Gasteiger partial charge in [0.2, 0.25) is 0 Å². The summed E-state index contributed by atoms with van der Waals surface area (Å²) in [7, 11) is 0. The molecule has 2 aromatic rings. The Hall–Kier alpha value is -2.10. The first kappa shape index (κ1) is 12.4. The fourth-order valence-electron chi connectivity index (χ4n) is 1.79. The van der Waals surface area contributed by atoms with Gasteiger partial charge in [0.25, 0.3) is 0 Å². The van der Waals surface area contributed by atoms with Crippen LogP contribution in [0.3, 0.4) is 0 Å². The smallest absolute Gasteiger partial charge is 0.313 e. The van der Waals surface area contributed by atoms with Crippen molar-refractivity contribution >= 4 is 22.7 Å². The summed E-state index contributed by atoms with van der Waals surface area (Å²) in [6.45, 7) is 3.84. The van der Waals surface area contributed by atoms with Crippen molar-refractivity contribution in [2.45, 2.75) is 20.3 Å². The van der Waals surface area contributed by atoms with Gasteiger partial charge in [-0.05, 0) is 38.1 Å². The van der Waals surface area contributed by atoms with Gasteiger partial charge in [-0.3, -0.25) is 9.59 Å². The Labute approximate surface area is 105 Å². The average molecular weight is 246 g/mol. The number of carbonyl (C=O) groups is 2. The van der Waals surface area contributed by atoms with E-state index in [2.05, 4.69) is 0 Å². The summed E-state index contributed by atoms with van der Waals surface area (Å²) in [5.41, 5.74) is 1.23. The highest BCUT2D eigenvalue weighted by Crippen LogP contribution is 2.20. The SMILES string of the molecule is CCOC(=O)CC(=O)c1ccc2oc(C)cc2c1. The zero-order chi connectivity index (χ0) is 13.1. The van der Waals surface area contributed by atoms with Crippen molar-refractivity contribution in [1.82, 2.24) is 0 Å². The molecule has 94 valence electrons. The molecule has 0 bridgehead atoms. The van der Waals surface area contributed by atoms with Gasteiger partial charge in [0.1, 0.15) is 17.8 Å². The van der Waals surface area contributed by atoms with Crippen LogP contribution in [0.5, 0.6) is 0 Å². The van der Waals surface area contributed by atoms with Crippen LogP contribution in [0, 0.1) is 6.92 Å². The lowest BCUT2D eigenvalue weighted by Gasteiger charge is -2.01. The molecule has 18 heavy (non-hydrogen) atoms. The van der Waals surface area contributed by atoms with E-state index in [1.54, 1.807) is 25.1 Å². The van der Waals surface area contributed by atoms with E-state index in [9.17, 15) is 9.59 Å². The highest BCUT2D eigenvalue weighted by molar-refractivity contribution is 6.07. The normalized spacial score (nSPS) is 10.6. The number of ether oxygens (including phenoxy) is 1. The maximum absolute atomic E-state index is 11.8. The lowest BCUT2D eigenvalue weighted by atomic mass is 10.1. The van der Waals surface area contributed by atoms with Crippen molar-refractivity contribution in [2.24, 2.45) is 0 Å². The Kier molecular flexibility index (Phi) is 3.46. The summed E-state index contributed by atoms with van der Waals surface area (Å²) in [5, 5.41) is 0.863. The zero-order valence-corrected chi connectivity index (χ0v) is 10.4. The van der Waals surface area contributed by atoms with Gasteiger partial charge in [-0.25, -0.2) is 0 Å². The molecule has 1 aromatic heterocycles. The Balaban J connectivity index is 2.20. The molecule has 0 radical (unpaired) electrons. The maximum atomic E-state index is 11.8. The van der Waals surface area contributed by atoms with Crippen LogP contribution in [0.4, 0.5) is 0 Å². The fourth-order valence-corrected chi connectivity index (χ4v) is 1.79. The molecule has 0 aliphatic rings. The van der Waals surface area contributed by atoms with Crippen molar-refractivity contribution in [3.63, 3.8) is 0 Å². The summed E-state index contributed by atoms with van der Waals surface area (Å²) in [6.07, 6.45) is -0.226. The second kappa shape index (κ2) is 5.04. The number of esters is 1. The maximum Gasteiger partial charge on any atom is 0.313 e. The van der Waals surface area contributed by atoms with Crippen molar-refractivity contribution < 1.29 is 18.7 Å². The molecule has 0 atom stereocenters. The summed E-state index contributed by atoms with van der Waals surface area (Å²) in [6, 6.07) is 6.98. The quantitative estimate of drug-likeness (QED) is 0.473. The summed E-state index contributed by atoms with van der Waals surface area (Å²) in [4.78, 5) is 23.1. The Morgan fingerprint density at radius 2 is 2.06 bits per heavy atom. The molecule has 4 nitrogen and oxygen atoms in total.